The number of benzene rings is 1. The van der Waals surface area contributed by atoms with Crippen LogP contribution < -0.4 is 4.74 Å². The molecule has 3 heteroatoms. The molecule has 2 aliphatic rings. The molecule has 2 aliphatic heterocycles. The van der Waals surface area contributed by atoms with Crippen molar-refractivity contribution in [1.82, 2.24) is 4.90 Å². The fraction of sp³-hybridized carbons (Fsp3) is 0.684. The SMILES string of the molecule is Cc1ccc2c(c1C)OC(C)(C)C(N1CCCCCC1)C2O. The van der Waals surface area contributed by atoms with Gasteiger partial charge in [-0.1, -0.05) is 25.0 Å². The first-order valence-corrected chi connectivity index (χ1v) is 8.63. The Morgan fingerprint density at radius 2 is 1.73 bits per heavy atom. The van der Waals surface area contributed by atoms with E-state index in [9.17, 15) is 5.11 Å². The van der Waals surface area contributed by atoms with Crippen LogP contribution in [0.25, 0.3) is 0 Å². The Kier molecular flexibility index (Phi) is 4.21. The number of ether oxygens (including phenoxy) is 1. The molecule has 0 aromatic heterocycles. The summed E-state index contributed by atoms with van der Waals surface area (Å²) in [6, 6.07) is 4.17. The van der Waals surface area contributed by atoms with Crippen molar-refractivity contribution in [3.05, 3.63) is 28.8 Å². The number of hydrogen-bond acceptors (Lipinski definition) is 3. The molecule has 3 rings (SSSR count). The van der Waals surface area contributed by atoms with Crippen molar-refractivity contribution >= 4 is 0 Å². The summed E-state index contributed by atoms with van der Waals surface area (Å²) < 4.78 is 6.41. The Balaban J connectivity index is 1.99. The van der Waals surface area contributed by atoms with Crippen molar-refractivity contribution in [1.29, 1.82) is 0 Å². The highest BCUT2D eigenvalue weighted by atomic mass is 16.5. The molecule has 1 saturated heterocycles. The first-order chi connectivity index (χ1) is 10.4. The molecule has 1 fully saturated rings. The minimum Gasteiger partial charge on any atom is -0.485 e. The molecule has 22 heavy (non-hydrogen) atoms. The number of rotatable bonds is 1. The molecule has 0 saturated carbocycles. The van der Waals surface area contributed by atoms with Crippen LogP contribution >= 0.6 is 0 Å². The second-order valence-electron chi connectivity index (χ2n) is 7.47. The van der Waals surface area contributed by atoms with Crippen molar-refractivity contribution in [2.75, 3.05) is 13.1 Å². The Morgan fingerprint density at radius 3 is 2.36 bits per heavy atom. The van der Waals surface area contributed by atoms with E-state index in [0.717, 1.165) is 30.0 Å². The van der Waals surface area contributed by atoms with Crippen LogP contribution in [0.4, 0.5) is 0 Å². The largest absolute Gasteiger partial charge is 0.485 e. The molecule has 2 atom stereocenters. The number of likely N-dealkylation sites (tertiary alicyclic amines) is 1. The van der Waals surface area contributed by atoms with Crippen LogP contribution in [0.1, 0.15) is 62.3 Å². The molecule has 1 aromatic carbocycles. The summed E-state index contributed by atoms with van der Waals surface area (Å²) in [5.74, 6) is 0.892. The summed E-state index contributed by atoms with van der Waals surface area (Å²) in [6.45, 7) is 10.6. The third kappa shape index (κ3) is 2.65. The van der Waals surface area contributed by atoms with E-state index in [-0.39, 0.29) is 11.6 Å². The molecule has 3 nitrogen and oxygen atoms in total. The first kappa shape index (κ1) is 15.8. The van der Waals surface area contributed by atoms with E-state index >= 15 is 0 Å². The van der Waals surface area contributed by atoms with Crippen LogP contribution in [0.3, 0.4) is 0 Å². The van der Waals surface area contributed by atoms with Gasteiger partial charge in [-0.15, -0.1) is 0 Å². The molecule has 0 bridgehead atoms. The minimum absolute atomic E-state index is 0.0280. The van der Waals surface area contributed by atoms with E-state index < -0.39 is 6.10 Å². The lowest BCUT2D eigenvalue weighted by atomic mass is 9.83. The molecule has 0 aliphatic carbocycles. The van der Waals surface area contributed by atoms with Gasteiger partial charge in [0.15, 0.2) is 0 Å². The highest BCUT2D eigenvalue weighted by Crippen LogP contribution is 2.44. The van der Waals surface area contributed by atoms with Gasteiger partial charge in [0.05, 0.1) is 6.04 Å². The normalized spacial score (nSPS) is 28.6. The van der Waals surface area contributed by atoms with Crippen LogP contribution in [-0.2, 0) is 0 Å². The molecule has 0 spiro atoms. The summed E-state index contributed by atoms with van der Waals surface area (Å²) in [5.41, 5.74) is 2.94. The van der Waals surface area contributed by atoms with Gasteiger partial charge in [0, 0.05) is 5.56 Å². The van der Waals surface area contributed by atoms with Crippen molar-refractivity contribution in [3.63, 3.8) is 0 Å². The molecule has 122 valence electrons. The van der Waals surface area contributed by atoms with Gasteiger partial charge in [-0.25, -0.2) is 0 Å². The van der Waals surface area contributed by atoms with Gasteiger partial charge >= 0.3 is 0 Å². The van der Waals surface area contributed by atoms with Gasteiger partial charge in [-0.3, -0.25) is 4.90 Å². The second kappa shape index (κ2) is 5.86. The zero-order valence-corrected chi connectivity index (χ0v) is 14.4. The quantitative estimate of drug-likeness (QED) is 0.857. The van der Waals surface area contributed by atoms with E-state index in [1.54, 1.807) is 0 Å². The lowest BCUT2D eigenvalue weighted by Gasteiger charge is -2.48. The number of aliphatic hydroxyl groups is 1. The Hall–Kier alpha value is -1.06. The van der Waals surface area contributed by atoms with Crippen LogP contribution in [0.15, 0.2) is 12.1 Å². The number of nitrogens with zero attached hydrogens (tertiary/aromatic N) is 1. The summed E-state index contributed by atoms with van der Waals surface area (Å²) >= 11 is 0. The molecule has 0 radical (unpaired) electrons. The zero-order chi connectivity index (χ0) is 15.9. The number of aliphatic hydroxyl groups excluding tert-OH is 1. The van der Waals surface area contributed by atoms with E-state index in [4.69, 9.17) is 4.74 Å². The number of aryl methyl sites for hydroxylation is 1. The Labute approximate surface area is 134 Å². The lowest BCUT2D eigenvalue weighted by molar-refractivity contribution is -0.0822. The van der Waals surface area contributed by atoms with Gasteiger partial charge in [0.2, 0.25) is 0 Å². The lowest BCUT2D eigenvalue weighted by Crippen LogP contribution is -2.58. The molecule has 2 unspecified atom stereocenters. The van der Waals surface area contributed by atoms with Crippen LogP contribution in [0.5, 0.6) is 5.75 Å². The topological polar surface area (TPSA) is 32.7 Å². The fourth-order valence-electron chi connectivity index (χ4n) is 4.07. The van der Waals surface area contributed by atoms with Crippen molar-refractivity contribution < 1.29 is 9.84 Å². The van der Waals surface area contributed by atoms with Crippen LogP contribution in [0, 0.1) is 13.8 Å². The maximum atomic E-state index is 11.1. The van der Waals surface area contributed by atoms with Gasteiger partial charge in [0.25, 0.3) is 0 Å². The highest BCUT2D eigenvalue weighted by Gasteiger charge is 2.46. The van der Waals surface area contributed by atoms with Crippen LogP contribution in [-0.4, -0.2) is 34.7 Å². The minimum atomic E-state index is -0.476. The summed E-state index contributed by atoms with van der Waals surface area (Å²) in [7, 11) is 0. The van der Waals surface area contributed by atoms with E-state index in [1.165, 1.54) is 31.2 Å². The van der Waals surface area contributed by atoms with Crippen molar-refractivity contribution in [2.45, 2.75) is 71.1 Å². The van der Waals surface area contributed by atoms with Crippen molar-refractivity contribution in [2.24, 2.45) is 0 Å². The van der Waals surface area contributed by atoms with E-state index in [2.05, 4.69) is 38.7 Å². The Morgan fingerprint density at radius 1 is 1.09 bits per heavy atom. The molecule has 1 aromatic rings. The third-order valence-corrected chi connectivity index (χ3v) is 5.44. The number of hydrogen-bond donors (Lipinski definition) is 1. The second-order valence-corrected chi connectivity index (χ2v) is 7.47. The average molecular weight is 303 g/mol. The van der Waals surface area contributed by atoms with E-state index in [0.29, 0.717) is 0 Å². The first-order valence-electron chi connectivity index (χ1n) is 8.63. The van der Waals surface area contributed by atoms with Crippen LogP contribution in [0.2, 0.25) is 0 Å². The number of fused-ring (bicyclic) bond motifs is 1. The third-order valence-electron chi connectivity index (χ3n) is 5.44. The van der Waals surface area contributed by atoms with Gasteiger partial charge < -0.3 is 9.84 Å². The van der Waals surface area contributed by atoms with Crippen molar-refractivity contribution in [3.8, 4) is 5.75 Å². The highest BCUT2D eigenvalue weighted by molar-refractivity contribution is 5.49. The molecule has 2 heterocycles. The average Bonchev–Trinajstić information content (AvgIpc) is 2.72. The predicted octanol–water partition coefficient (Wildman–Crippen LogP) is 3.75. The van der Waals surface area contributed by atoms with Gasteiger partial charge in [-0.2, -0.15) is 0 Å². The molecule has 0 amide bonds. The summed E-state index contributed by atoms with van der Waals surface area (Å²) in [4.78, 5) is 2.45. The van der Waals surface area contributed by atoms with Gasteiger partial charge in [-0.05, 0) is 64.8 Å². The molecular formula is C19H29NO2. The zero-order valence-electron chi connectivity index (χ0n) is 14.4. The summed E-state index contributed by atoms with van der Waals surface area (Å²) in [6.07, 6.45) is 4.57. The maximum absolute atomic E-state index is 11.1. The maximum Gasteiger partial charge on any atom is 0.129 e. The smallest absolute Gasteiger partial charge is 0.129 e. The Bertz CT molecular complexity index is 545. The molecule has 1 N–H and O–H groups in total. The van der Waals surface area contributed by atoms with Gasteiger partial charge in [0.1, 0.15) is 17.5 Å². The predicted molar refractivity (Wildman–Crippen MR) is 89.4 cm³/mol. The fourth-order valence-corrected chi connectivity index (χ4v) is 4.07. The summed E-state index contributed by atoms with van der Waals surface area (Å²) in [5, 5.41) is 11.1. The monoisotopic (exact) mass is 303 g/mol. The van der Waals surface area contributed by atoms with E-state index in [1.807, 2.05) is 6.07 Å². The standard InChI is InChI=1S/C19H29NO2/c1-13-9-10-15-16(21)18(20-11-7-5-6-8-12-20)19(3,4)22-17(15)14(13)2/h9-10,16,18,21H,5-8,11-12H2,1-4H3. The molecular weight excluding hydrogens is 274 g/mol.